The standard InChI is InChI=1S/C24H33N3O4.HI/c1-4-25-24(27-14-20-12-21(29-3)7-8-22(20)28)26-13-19-6-5-17(2)11-23(19)31-16-18-9-10-30-15-18;/h5-8,11-12,18,28H,4,9-10,13-16H2,1-3H3,(H2,25,26,27);1H. The molecule has 7 nitrogen and oxygen atoms in total. The highest BCUT2D eigenvalue weighted by atomic mass is 127. The van der Waals surface area contributed by atoms with Gasteiger partial charge in [-0.1, -0.05) is 12.1 Å². The molecule has 32 heavy (non-hydrogen) atoms. The number of rotatable bonds is 9. The molecule has 3 rings (SSSR count). The molecule has 1 fully saturated rings. The van der Waals surface area contributed by atoms with Crippen LogP contribution in [0.15, 0.2) is 41.4 Å². The Kier molecular flexibility index (Phi) is 10.9. The lowest BCUT2D eigenvalue weighted by molar-refractivity contribution is 0.166. The number of nitrogens with zero attached hydrogens (tertiary/aromatic N) is 1. The first kappa shape index (κ1) is 26.1. The molecule has 8 heteroatoms. The predicted molar refractivity (Wildman–Crippen MR) is 137 cm³/mol. The molecule has 0 bridgehead atoms. The summed E-state index contributed by atoms with van der Waals surface area (Å²) in [5.41, 5.74) is 2.93. The van der Waals surface area contributed by atoms with Crippen molar-refractivity contribution in [2.75, 3.05) is 33.5 Å². The van der Waals surface area contributed by atoms with Crippen LogP contribution in [-0.2, 0) is 17.8 Å². The van der Waals surface area contributed by atoms with Crippen LogP contribution in [0.5, 0.6) is 17.2 Å². The fraction of sp³-hybridized carbons (Fsp3) is 0.458. The third-order valence-corrected chi connectivity index (χ3v) is 5.21. The van der Waals surface area contributed by atoms with Crippen molar-refractivity contribution >= 4 is 29.9 Å². The van der Waals surface area contributed by atoms with E-state index in [1.54, 1.807) is 25.3 Å². The van der Waals surface area contributed by atoms with Crippen LogP contribution in [0.25, 0.3) is 0 Å². The lowest BCUT2D eigenvalue weighted by Crippen LogP contribution is -2.36. The first-order valence-corrected chi connectivity index (χ1v) is 10.8. The quantitative estimate of drug-likeness (QED) is 0.247. The zero-order valence-corrected chi connectivity index (χ0v) is 21.3. The Hall–Kier alpha value is -2.20. The number of methoxy groups -OCH3 is 1. The maximum Gasteiger partial charge on any atom is 0.191 e. The van der Waals surface area contributed by atoms with Crippen LogP contribution in [0, 0.1) is 12.8 Å². The lowest BCUT2D eigenvalue weighted by atomic mass is 10.1. The van der Waals surface area contributed by atoms with E-state index < -0.39 is 0 Å². The minimum absolute atomic E-state index is 0. The van der Waals surface area contributed by atoms with E-state index in [0.29, 0.717) is 42.9 Å². The molecule has 0 saturated carbocycles. The fourth-order valence-electron chi connectivity index (χ4n) is 3.36. The number of halogens is 1. The van der Waals surface area contributed by atoms with E-state index in [4.69, 9.17) is 14.2 Å². The second-order valence-electron chi connectivity index (χ2n) is 7.70. The number of ether oxygens (including phenoxy) is 3. The van der Waals surface area contributed by atoms with Gasteiger partial charge in [0.25, 0.3) is 0 Å². The summed E-state index contributed by atoms with van der Waals surface area (Å²) in [6.45, 7) is 7.98. The molecule has 3 N–H and O–H groups in total. The zero-order chi connectivity index (χ0) is 22.1. The minimum atomic E-state index is 0. The molecule has 176 valence electrons. The van der Waals surface area contributed by atoms with Crippen molar-refractivity contribution < 1.29 is 19.3 Å². The Morgan fingerprint density at radius 3 is 2.75 bits per heavy atom. The monoisotopic (exact) mass is 555 g/mol. The molecule has 0 spiro atoms. The summed E-state index contributed by atoms with van der Waals surface area (Å²) < 4.78 is 16.8. The van der Waals surface area contributed by atoms with Crippen molar-refractivity contribution in [1.29, 1.82) is 0 Å². The third-order valence-electron chi connectivity index (χ3n) is 5.21. The molecule has 2 aromatic carbocycles. The smallest absolute Gasteiger partial charge is 0.191 e. The number of aliphatic imine (C=N–C) groups is 1. The third kappa shape index (κ3) is 7.74. The summed E-state index contributed by atoms with van der Waals surface area (Å²) in [4.78, 5) is 4.61. The minimum Gasteiger partial charge on any atom is -0.508 e. The van der Waals surface area contributed by atoms with Crippen LogP contribution >= 0.6 is 24.0 Å². The Morgan fingerprint density at radius 2 is 2.03 bits per heavy atom. The van der Waals surface area contributed by atoms with E-state index >= 15 is 0 Å². The molecule has 1 unspecified atom stereocenters. The molecular formula is C24H34IN3O4. The molecule has 1 aliphatic rings. The van der Waals surface area contributed by atoms with Crippen molar-refractivity contribution in [3.8, 4) is 17.2 Å². The van der Waals surface area contributed by atoms with E-state index in [9.17, 15) is 5.11 Å². The Balaban J connectivity index is 0.00000363. The van der Waals surface area contributed by atoms with Crippen molar-refractivity contribution in [3.63, 3.8) is 0 Å². The maximum atomic E-state index is 10.1. The second-order valence-corrected chi connectivity index (χ2v) is 7.70. The highest BCUT2D eigenvalue weighted by Crippen LogP contribution is 2.24. The van der Waals surface area contributed by atoms with E-state index in [-0.39, 0.29) is 29.7 Å². The van der Waals surface area contributed by atoms with E-state index in [1.165, 1.54) is 0 Å². The molecule has 1 heterocycles. The van der Waals surface area contributed by atoms with Gasteiger partial charge in [-0.2, -0.15) is 0 Å². The highest BCUT2D eigenvalue weighted by Gasteiger charge is 2.17. The number of phenolic OH excluding ortho intramolecular Hbond substituents is 1. The summed E-state index contributed by atoms with van der Waals surface area (Å²) in [6.07, 6.45) is 1.05. The van der Waals surface area contributed by atoms with Gasteiger partial charge in [0.1, 0.15) is 17.2 Å². The Bertz CT molecular complexity index is 886. The maximum absolute atomic E-state index is 10.1. The number of aryl methyl sites for hydroxylation is 1. The van der Waals surface area contributed by atoms with Crippen LogP contribution in [0.2, 0.25) is 0 Å². The van der Waals surface area contributed by atoms with Crippen LogP contribution in [-0.4, -0.2) is 44.5 Å². The SMILES string of the molecule is CCNC(=NCc1cc(OC)ccc1O)NCc1ccc(C)cc1OCC1CCOC1.I. The van der Waals surface area contributed by atoms with Gasteiger partial charge in [0.15, 0.2) is 5.96 Å². The number of hydrogen-bond donors (Lipinski definition) is 3. The first-order valence-electron chi connectivity index (χ1n) is 10.8. The van der Waals surface area contributed by atoms with Crippen molar-refractivity contribution in [2.24, 2.45) is 10.9 Å². The van der Waals surface area contributed by atoms with Crippen LogP contribution < -0.4 is 20.1 Å². The van der Waals surface area contributed by atoms with Gasteiger partial charge < -0.3 is 30.0 Å². The molecule has 1 saturated heterocycles. The van der Waals surface area contributed by atoms with Crippen molar-refractivity contribution in [1.82, 2.24) is 10.6 Å². The average Bonchev–Trinajstić information content (AvgIpc) is 3.29. The van der Waals surface area contributed by atoms with E-state index in [2.05, 4.69) is 40.7 Å². The predicted octanol–water partition coefficient (Wildman–Crippen LogP) is 4.00. The average molecular weight is 555 g/mol. The highest BCUT2D eigenvalue weighted by molar-refractivity contribution is 14.0. The summed E-state index contributed by atoms with van der Waals surface area (Å²) >= 11 is 0. The van der Waals surface area contributed by atoms with Crippen LogP contribution in [0.1, 0.15) is 30.0 Å². The number of guanidine groups is 1. The van der Waals surface area contributed by atoms with Gasteiger partial charge in [-0.15, -0.1) is 24.0 Å². The van der Waals surface area contributed by atoms with Gasteiger partial charge in [0, 0.05) is 36.7 Å². The van der Waals surface area contributed by atoms with Gasteiger partial charge in [-0.3, -0.25) is 0 Å². The lowest BCUT2D eigenvalue weighted by Gasteiger charge is -2.17. The summed E-state index contributed by atoms with van der Waals surface area (Å²) in [5.74, 6) is 2.90. The molecule has 0 amide bonds. The Labute approximate surface area is 207 Å². The first-order chi connectivity index (χ1) is 15.1. The Morgan fingerprint density at radius 1 is 1.19 bits per heavy atom. The summed E-state index contributed by atoms with van der Waals surface area (Å²) in [5, 5.41) is 16.7. The van der Waals surface area contributed by atoms with Crippen molar-refractivity contribution in [2.45, 2.75) is 33.4 Å². The van der Waals surface area contributed by atoms with Gasteiger partial charge in [0.05, 0.1) is 26.9 Å². The van der Waals surface area contributed by atoms with E-state index in [1.807, 2.05) is 6.92 Å². The van der Waals surface area contributed by atoms with Gasteiger partial charge in [-0.05, 0) is 50.1 Å². The van der Waals surface area contributed by atoms with E-state index in [0.717, 1.165) is 43.1 Å². The molecule has 1 atom stereocenters. The summed E-state index contributed by atoms with van der Waals surface area (Å²) in [7, 11) is 1.60. The number of nitrogens with one attached hydrogen (secondary N) is 2. The molecular weight excluding hydrogens is 521 g/mol. The number of aromatic hydroxyl groups is 1. The van der Waals surface area contributed by atoms with Gasteiger partial charge in [-0.25, -0.2) is 4.99 Å². The topological polar surface area (TPSA) is 84.3 Å². The molecule has 0 aliphatic carbocycles. The van der Waals surface area contributed by atoms with Crippen LogP contribution in [0.4, 0.5) is 0 Å². The molecule has 0 aromatic heterocycles. The largest absolute Gasteiger partial charge is 0.508 e. The zero-order valence-electron chi connectivity index (χ0n) is 19.0. The molecule has 1 aliphatic heterocycles. The van der Waals surface area contributed by atoms with Gasteiger partial charge >= 0.3 is 0 Å². The normalized spacial score (nSPS) is 15.7. The summed E-state index contributed by atoms with van der Waals surface area (Å²) in [6, 6.07) is 11.4. The fourth-order valence-corrected chi connectivity index (χ4v) is 3.36. The second kappa shape index (κ2) is 13.4. The number of phenols is 1. The van der Waals surface area contributed by atoms with Crippen molar-refractivity contribution in [3.05, 3.63) is 53.1 Å². The number of benzene rings is 2. The number of hydrogen-bond acceptors (Lipinski definition) is 5. The van der Waals surface area contributed by atoms with Crippen LogP contribution in [0.3, 0.4) is 0 Å². The molecule has 0 radical (unpaired) electrons. The van der Waals surface area contributed by atoms with Gasteiger partial charge in [0.2, 0.25) is 0 Å². The molecule has 2 aromatic rings.